The SMILES string of the molecule is Cc1cc(OCCCOc2ncc(C(F)(F)F)cc2Oc2ccccc2)ccc1CCC(=O)O. The Balaban J connectivity index is 1.56. The number of carbonyl (C=O) groups is 1. The van der Waals surface area contributed by atoms with Crippen LogP contribution in [0, 0.1) is 6.92 Å². The fourth-order valence-corrected chi connectivity index (χ4v) is 3.08. The van der Waals surface area contributed by atoms with Crippen molar-refractivity contribution in [2.75, 3.05) is 13.2 Å². The van der Waals surface area contributed by atoms with E-state index in [2.05, 4.69) is 4.98 Å². The van der Waals surface area contributed by atoms with Gasteiger partial charge < -0.3 is 19.3 Å². The van der Waals surface area contributed by atoms with Gasteiger partial charge in [0.2, 0.25) is 0 Å². The minimum absolute atomic E-state index is 0.0459. The maximum absolute atomic E-state index is 13.1. The van der Waals surface area contributed by atoms with Gasteiger partial charge in [-0.3, -0.25) is 4.79 Å². The van der Waals surface area contributed by atoms with Crippen molar-refractivity contribution in [3.63, 3.8) is 0 Å². The van der Waals surface area contributed by atoms with Gasteiger partial charge >= 0.3 is 12.1 Å². The van der Waals surface area contributed by atoms with E-state index in [0.29, 0.717) is 37.1 Å². The van der Waals surface area contributed by atoms with E-state index < -0.39 is 17.7 Å². The third-order valence-corrected chi connectivity index (χ3v) is 4.84. The van der Waals surface area contributed by atoms with E-state index in [-0.39, 0.29) is 24.7 Å². The third kappa shape index (κ3) is 7.40. The average molecular weight is 475 g/mol. The van der Waals surface area contributed by atoms with Gasteiger partial charge in [-0.15, -0.1) is 0 Å². The minimum atomic E-state index is -4.56. The lowest BCUT2D eigenvalue weighted by molar-refractivity contribution is -0.138. The van der Waals surface area contributed by atoms with E-state index in [1.165, 1.54) is 0 Å². The van der Waals surface area contributed by atoms with Crippen molar-refractivity contribution in [3.8, 4) is 23.1 Å². The molecule has 0 radical (unpaired) electrons. The summed E-state index contributed by atoms with van der Waals surface area (Å²) in [5.41, 5.74) is 0.945. The van der Waals surface area contributed by atoms with Crippen LogP contribution in [0.4, 0.5) is 13.2 Å². The summed E-state index contributed by atoms with van der Waals surface area (Å²) in [6.45, 7) is 2.35. The van der Waals surface area contributed by atoms with Crippen LogP contribution in [0.1, 0.15) is 29.5 Å². The van der Waals surface area contributed by atoms with Crippen LogP contribution < -0.4 is 14.2 Å². The lowest BCUT2D eigenvalue weighted by Gasteiger charge is -2.14. The van der Waals surface area contributed by atoms with Crippen molar-refractivity contribution in [1.29, 1.82) is 0 Å². The average Bonchev–Trinajstić information content (AvgIpc) is 2.79. The highest BCUT2D eigenvalue weighted by Crippen LogP contribution is 2.36. The Kier molecular flexibility index (Phi) is 8.34. The molecule has 0 bridgehead atoms. The number of aromatic nitrogens is 1. The molecule has 3 aromatic rings. The summed E-state index contributed by atoms with van der Waals surface area (Å²) < 4.78 is 56.2. The Hall–Kier alpha value is -3.75. The molecular formula is C25H24F3NO5. The highest BCUT2D eigenvalue weighted by molar-refractivity contribution is 5.67. The molecule has 1 heterocycles. The van der Waals surface area contributed by atoms with Crippen LogP contribution >= 0.6 is 0 Å². The molecule has 9 heteroatoms. The number of pyridine rings is 1. The van der Waals surface area contributed by atoms with Crippen LogP contribution in [0.5, 0.6) is 23.1 Å². The van der Waals surface area contributed by atoms with Gasteiger partial charge in [0.1, 0.15) is 11.5 Å². The molecule has 0 atom stereocenters. The fourth-order valence-electron chi connectivity index (χ4n) is 3.08. The molecule has 0 saturated heterocycles. The van der Waals surface area contributed by atoms with Crippen LogP contribution in [0.15, 0.2) is 60.8 Å². The minimum Gasteiger partial charge on any atom is -0.493 e. The van der Waals surface area contributed by atoms with Crippen molar-refractivity contribution in [3.05, 3.63) is 77.5 Å². The third-order valence-electron chi connectivity index (χ3n) is 4.84. The van der Waals surface area contributed by atoms with E-state index >= 15 is 0 Å². The highest BCUT2D eigenvalue weighted by Gasteiger charge is 2.32. The molecule has 6 nitrogen and oxygen atoms in total. The summed E-state index contributed by atoms with van der Waals surface area (Å²) in [7, 11) is 0. The zero-order valence-corrected chi connectivity index (χ0v) is 18.5. The van der Waals surface area contributed by atoms with Crippen LogP contribution in [0.3, 0.4) is 0 Å². The molecule has 1 aromatic heterocycles. The van der Waals surface area contributed by atoms with Gasteiger partial charge in [0, 0.05) is 25.1 Å². The Morgan fingerprint density at radius 2 is 1.74 bits per heavy atom. The Bertz CT molecular complexity index is 1100. The molecule has 0 saturated carbocycles. The fraction of sp³-hybridized carbons (Fsp3) is 0.280. The van der Waals surface area contributed by atoms with Crippen molar-refractivity contribution in [2.24, 2.45) is 0 Å². The van der Waals surface area contributed by atoms with Gasteiger partial charge in [-0.1, -0.05) is 24.3 Å². The predicted octanol–water partition coefficient (Wildman–Crippen LogP) is 6.07. The lowest BCUT2D eigenvalue weighted by atomic mass is 10.0. The molecule has 0 aliphatic rings. The summed E-state index contributed by atoms with van der Waals surface area (Å²) in [5, 5.41) is 8.81. The lowest BCUT2D eigenvalue weighted by Crippen LogP contribution is -2.09. The molecule has 2 aromatic carbocycles. The molecule has 0 spiro atoms. The van der Waals surface area contributed by atoms with E-state index in [9.17, 15) is 18.0 Å². The van der Waals surface area contributed by atoms with E-state index in [4.69, 9.17) is 19.3 Å². The maximum Gasteiger partial charge on any atom is 0.418 e. The predicted molar refractivity (Wildman–Crippen MR) is 118 cm³/mol. The zero-order chi connectivity index (χ0) is 24.6. The largest absolute Gasteiger partial charge is 0.493 e. The highest BCUT2D eigenvalue weighted by atomic mass is 19.4. The molecule has 0 amide bonds. The van der Waals surface area contributed by atoms with E-state index in [0.717, 1.165) is 17.2 Å². The molecule has 3 rings (SSSR count). The number of carboxylic acids is 1. The van der Waals surface area contributed by atoms with Gasteiger partial charge in [-0.05, 0) is 48.7 Å². The summed E-state index contributed by atoms with van der Waals surface area (Å²) in [6, 6.07) is 14.7. The molecule has 0 fully saturated rings. The number of halogens is 3. The van der Waals surface area contributed by atoms with Gasteiger partial charge in [-0.2, -0.15) is 13.2 Å². The smallest absolute Gasteiger partial charge is 0.418 e. The number of alkyl halides is 3. The first-order valence-electron chi connectivity index (χ1n) is 10.6. The summed E-state index contributed by atoms with van der Waals surface area (Å²) in [5.74, 6) is -0.0269. The number of benzene rings is 2. The molecule has 0 aliphatic carbocycles. The second kappa shape index (κ2) is 11.4. The number of aliphatic carboxylic acids is 1. The summed E-state index contributed by atoms with van der Waals surface area (Å²) >= 11 is 0. The molecular weight excluding hydrogens is 451 g/mol. The number of nitrogens with zero attached hydrogens (tertiary/aromatic N) is 1. The molecule has 0 unspecified atom stereocenters. The van der Waals surface area contributed by atoms with E-state index in [1.54, 1.807) is 36.4 Å². The maximum atomic E-state index is 13.1. The summed E-state index contributed by atoms with van der Waals surface area (Å²) in [6.07, 6.45) is -2.89. The first-order valence-corrected chi connectivity index (χ1v) is 10.6. The van der Waals surface area contributed by atoms with Gasteiger partial charge in [0.25, 0.3) is 5.88 Å². The second-order valence-electron chi connectivity index (χ2n) is 7.47. The number of para-hydroxylation sites is 1. The first-order chi connectivity index (χ1) is 16.2. The number of carboxylic acid groups (broad SMARTS) is 1. The van der Waals surface area contributed by atoms with Crippen LogP contribution in [-0.4, -0.2) is 29.3 Å². The van der Waals surface area contributed by atoms with Crippen molar-refractivity contribution < 1.29 is 37.3 Å². The number of hydrogen-bond acceptors (Lipinski definition) is 5. The Labute approximate surface area is 194 Å². The number of rotatable bonds is 11. The molecule has 1 N–H and O–H groups in total. The van der Waals surface area contributed by atoms with Crippen LogP contribution in [-0.2, 0) is 17.4 Å². The standard InChI is InChI=1S/C25H24F3NO5/c1-17-14-21(10-8-18(17)9-11-23(30)31)32-12-5-13-33-24-22(34-20-6-3-2-4-7-20)15-19(16-29-24)25(26,27)28/h2-4,6-8,10,14-16H,5,9,11-13H2,1H3,(H,30,31). The Morgan fingerprint density at radius 3 is 2.41 bits per heavy atom. The van der Waals surface area contributed by atoms with Crippen LogP contribution in [0.2, 0.25) is 0 Å². The van der Waals surface area contributed by atoms with Crippen molar-refractivity contribution >= 4 is 5.97 Å². The molecule has 180 valence electrons. The molecule has 0 aliphatic heterocycles. The summed E-state index contributed by atoms with van der Waals surface area (Å²) in [4.78, 5) is 14.5. The second-order valence-corrected chi connectivity index (χ2v) is 7.47. The normalized spacial score (nSPS) is 11.2. The molecule has 34 heavy (non-hydrogen) atoms. The number of ether oxygens (including phenoxy) is 3. The Morgan fingerprint density at radius 1 is 1.00 bits per heavy atom. The van der Waals surface area contributed by atoms with Crippen LogP contribution in [0.25, 0.3) is 0 Å². The quantitative estimate of drug-likeness (QED) is 0.340. The number of aryl methyl sites for hydroxylation is 2. The van der Waals surface area contributed by atoms with Gasteiger partial charge in [0.05, 0.1) is 18.8 Å². The van der Waals surface area contributed by atoms with Crippen molar-refractivity contribution in [1.82, 2.24) is 4.98 Å². The topological polar surface area (TPSA) is 77.9 Å². The zero-order valence-electron chi connectivity index (χ0n) is 18.5. The monoisotopic (exact) mass is 475 g/mol. The van der Waals surface area contributed by atoms with Gasteiger partial charge in [0.15, 0.2) is 5.75 Å². The number of hydrogen-bond donors (Lipinski definition) is 1. The van der Waals surface area contributed by atoms with E-state index in [1.807, 2.05) is 19.1 Å². The van der Waals surface area contributed by atoms with Crippen molar-refractivity contribution in [2.45, 2.75) is 32.4 Å². The first kappa shape index (κ1) is 24.9. The van der Waals surface area contributed by atoms with Gasteiger partial charge in [-0.25, -0.2) is 4.98 Å².